The summed E-state index contributed by atoms with van der Waals surface area (Å²) in [5.41, 5.74) is 1.22. The Hall–Kier alpha value is -1.49. The molecular formula is C12H16N2O3. The summed E-state index contributed by atoms with van der Waals surface area (Å²) >= 11 is 0. The Morgan fingerprint density at radius 3 is 2.88 bits per heavy atom. The van der Waals surface area contributed by atoms with Crippen LogP contribution in [0.4, 0.5) is 0 Å². The molecule has 1 unspecified atom stereocenters. The molecule has 92 valence electrons. The van der Waals surface area contributed by atoms with E-state index in [9.17, 15) is 9.59 Å². The molecule has 2 rings (SSSR count). The van der Waals surface area contributed by atoms with Gasteiger partial charge in [0, 0.05) is 25.8 Å². The Balaban J connectivity index is 2.01. The van der Waals surface area contributed by atoms with Crippen molar-refractivity contribution in [1.29, 1.82) is 0 Å². The van der Waals surface area contributed by atoms with E-state index < -0.39 is 0 Å². The van der Waals surface area contributed by atoms with Gasteiger partial charge in [-0.2, -0.15) is 5.10 Å². The number of nitrogens with zero attached hydrogens (tertiary/aromatic N) is 2. The number of hydrogen-bond donors (Lipinski definition) is 0. The van der Waals surface area contributed by atoms with E-state index in [4.69, 9.17) is 4.74 Å². The van der Waals surface area contributed by atoms with Gasteiger partial charge in [0.1, 0.15) is 5.78 Å². The summed E-state index contributed by atoms with van der Waals surface area (Å²) in [5.74, 6) is -0.265. The summed E-state index contributed by atoms with van der Waals surface area (Å²) in [6, 6.07) is 0. The molecule has 0 spiro atoms. The van der Waals surface area contributed by atoms with Crippen molar-refractivity contribution in [3.05, 3.63) is 17.5 Å². The van der Waals surface area contributed by atoms with Crippen molar-refractivity contribution in [3.63, 3.8) is 0 Å². The Kier molecular flexibility index (Phi) is 3.38. The van der Waals surface area contributed by atoms with Crippen LogP contribution < -0.4 is 0 Å². The summed E-state index contributed by atoms with van der Waals surface area (Å²) in [6.07, 6.45) is 2.36. The van der Waals surface area contributed by atoms with Gasteiger partial charge in [0.05, 0.1) is 24.3 Å². The van der Waals surface area contributed by atoms with Gasteiger partial charge in [0.15, 0.2) is 5.78 Å². The second kappa shape index (κ2) is 4.79. The summed E-state index contributed by atoms with van der Waals surface area (Å²) in [4.78, 5) is 23.8. The van der Waals surface area contributed by atoms with Gasteiger partial charge in [-0.25, -0.2) is 0 Å². The van der Waals surface area contributed by atoms with E-state index in [0.717, 1.165) is 6.42 Å². The van der Waals surface area contributed by atoms with Crippen LogP contribution in [-0.4, -0.2) is 34.6 Å². The molecule has 0 N–H and O–H groups in total. The van der Waals surface area contributed by atoms with Crippen LogP contribution in [0.15, 0.2) is 6.20 Å². The molecule has 1 aromatic heterocycles. The molecule has 0 aromatic carbocycles. The molecule has 1 aliphatic heterocycles. The Morgan fingerprint density at radius 1 is 1.59 bits per heavy atom. The number of Topliss-reactive ketones (excluding diaryl/α,β-unsaturated/α-hetero) is 2. The zero-order valence-corrected chi connectivity index (χ0v) is 10.1. The highest BCUT2D eigenvalue weighted by Gasteiger charge is 2.26. The molecule has 5 nitrogen and oxygen atoms in total. The Labute approximate surface area is 99.8 Å². The maximum atomic E-state index is 11.9. The quantitative estimate of drug-likeness (QED) is 0.576. The van der Waals surface area contributed by atoms with Crippen LogP contribution in [0, 0.1) is 12.8 Å². The summed E-state index contributed by atoms with van der Waals surface area (Å²) in [6.45, 7) is 2.85. The van der Waals surface area contributed by atoms with Gasteiger partial charge in [-0.1, -0.05) is 0 Å². The van der Waals surface area contributed by atoms with Crippen molar-refractivity contribution < 1.29 is 14.3 Å². The smallest absolute Gasteiger partial charge is 0.173 e. The monoisotopic (exact) mass is 236 g/mol. The fraction of sp³-hybridized carbons (Fsp3) is 0.583. The first-order valence-corrected chi connectivity index (χ1v) is 5.72. The lowest BCUT2D eigenvalue weighted by Gasteiger charge is -2.04. The molecule has 1 aromatic rings. The number of rotatable bonds is 4. The van der Waals surface area contributed by atoms with E-state index in [0.29, 0.717) is 24.5 Å². The molecule has 1 saturated heterocycles. The minimum absolute atomic E-state index is 0.0178. The first kappa shape index (κ1) is 12.0. The maximum absolute atomic E-state index is 11.9. The number of ketones is 2. The van der Waals surface area contributed by atoms with Crippen molar-refractivity contribution in [2.24, 2.45) is 13.0 Å². The van der Waals surface area contributed by atoms with Crippen LogP contribution in [0.2, 0.25) is 0 Å². The Morgan fingerprint density at radius 2 is 2.35 bits per heavy atom. The van der Waals surface area contributed by atoms with Crippen LogP contribution in [0.3, 0.4) is 0 Å². The minimum atomic E-state index is -0.146. The van der Waals surface area contributed by atoms with E-state index in [1.807, 2.05) is 0 Å². The van der Waals surface area contributed by atoms with Crippen LogP contribution in [0.5, 0.6) is 0 Å². The third kappa shape index (κ3) is 2.61. The molecule has 0 amide bonds. The molecule has 1 atom stereocenters. The zero-order valence-electron chi connectivity index (χ0n) is 10.1. The Bertz CT molecular complexity index is 445. The molecule has 5 heteroatoms. The first-order valence-electron chi connectivity index (χ1n) is 5.72. The summed E-state index contributed by atoms with van der Waals surface area (Å²) < 4.78 is 6.73. The molecule has 2 heterocycles. The average Bonchev–Trinajstić information content (AvgIpc) is 2.87. The van der Waals surface area contributed by atoms with Gasteiger partial charge in [-0.3, -0.25) is 14.3 Å². The van der Waals surface area contributed by atoms with E-state index >= 15 is 0 Å². The summed E-state index contributed by atoms with van der Waals surface area (Å²) in [7, 11) is 1.76. The molecule has 1 aliphatic rings. The van der Waals surface area contributed by atoms with Crippen LogP contribution in [0.1, 0.15) is 28.9 Å². The van der Waals surface area contributed by atoms with Gasteiger partial charge in [-0.05, 0) is 13.3 Å². The predicted molar refractivity (Wildman–Crippen MR) is 60.8 cm³/mol. The third-order valence-corrected chi connectivity index (χ3v) is 3.03. The van der Waals surface area contributed by atoms with E-state index in [2.05, 4.69) is 5.10 Å². The van der Waals surface area contributed by atoms with Crippen LogP contribution in [-0.2, 0) is 16.6 Å². The number of carbonyl (C=O) groups is 2. The van der Waals surface area contributed by atoms with Gasteiger partial charge >= 0.3 is 0 Å². The molecule has 0 radical (unpaired) electrons. The van der Waals surface area contributed by atoms with E-state index in [1.54, 1.807) is 24.9 Å². The second-order valence-electron chi connectivity index (χ2n) is 4.43. The highest BCUT2D eigenvalue weighted by atomic mass is 16.5. The van der Waals surface area contributed by atoms with Crippen molar-refractivity contribution in [2.45, 2.75) is 19.8 Å². The normalized spacial score (nSPS) is 19.5. The average molecular weight is 236 g/mol. The molecule has 0 bridgehead atoms. The van der Waals surface area contributed by atoms with E-state index in [1.165, 1.54) is 0 Å². The molecule has 17 heavy (non-hydrogen) atoms. The lowest BCUT2D eigenvalue weighted by Crippen LogP contribution is -2.18. The first-order chi connectivity index (χ1) is 8.08. The standard InChI is InChI=1S/C12H16N2O3/c1-8-10(6-14(2)13-8)12(16)5-11(15)9-3-4-17-7-9/h6,9H,3-5,7H2,1-2H3. The lowest BCUT2D eigenvalue weighted by atomic mass is 9.97. The molecule has 1 fully saturated rings. The predicted octanol–water partition coefficient (Wildman–Crippen LogP) is 0.907. The third-order valence-electron chi connectivity index (χ3n) is 3.03. The van der Waals surface area contributed by atoms with Crippen LogP contribution >= 0.6 is 0 Å². The zero-order chi connectivity index (χ0) is 12.4. The number of ether oxygens (including phenoxy) is 1. The van der Waals surface area contributed by atoms with E-state index in [-0.39, 0.29) is 23.9 Å². The second-order valence-corrected chi connectivity index (χ2v) is 4.43. The highest BCUT2D eigenvalue weighted by Crippen LogP contribution is 2.17. The fourth-order valence-corrected chi connectivity index (χ4v) is 2.06. The van der Waals surface area contributed by atoms with Gasteiger partial charge in [0.25, 0.3) is 0 Å². The minimum Gasteiger partial charge on any atom is -0.381 e. The SMILES string of the molecule is Cc1nn(C)cc1C(=O)CC(=O)C1CCOC1. The molecule has 0 aliphatic carbocycles. The topological polar surface area (TPSA) is 61.2 Å². The van der Waals surface area contributed by atoms with Gasteiger partial charge in [-0.15, -0.1) is 0 Å². The largest absolute Gasteiger partial charge is 0.381 e. The van der Waals surface area contributed by atoms with Gasteiger partial charge in [0.2, 0.25) is 0 Å². The van der Waals surface area contributed by atoms with Crippen molar-refractivity contribution in [3.8, 4) is 0 Å². The van der Waals surface area contributed by atoms with Crippen molar-refractivity contribution >= 4 is 11.6 Å². The molecule has 0 saturated carbocycles. The number of aromatic nitrogens is 2. The fourth-order valence-electron chi connectivity index (χ4n) is 2.06. The van der Waals surface area contributed by atoms with Crippen molar-refractivity contribution in [2.75, 3.05) is 13.2 Å². The number of aryl methyl sites for hydroxylation is 2. The maximum Gasteiger partial charge on any atom is 0.173 e. The van der Waals surface area contributed by atoms with Crippen molar-refractivity contribution in [1.82, 2.24) is 9.78 Å². The summed E-state index contributed by atoms with van der Waals surface area (Å²) in [5, 5.41) is 4.10. The highest BCUT2D eigenvalue weighted by molar-refractivity contribution is 6.09. The van der Waals surface area contributed by atoms with Crippen LogP contribution in [0.25, 0.3) is 0 Å². The van der Waals surface area contributed by atoms with Gasteiger partial charge < -0.3 is 4.74 Å². The molecular weight excluding hydrogens is 220 g/mol. The number of hydrogen-bond acceptors (Lipinski definition) is 4. The lowest BCUT2D eigenvalue weighted by molar-refractivity contribution is -0.121. The number of carbonyl (C=O) groups excluding carboxylic acids is 2.